The van der Waals surface area contributed by atoms with E-state index in [0.29, 0.717) is 0 Å². The molecule has 2 N–H and O–H groups in total. The highest BCUT2D eigenvalue weighted by molar-refractivity contribution is 5.68. The summed E-state index contributed by atoms with van der Waals surface area (Å²) < 4.78 is 4.18. The molecule has 5 nitrogen and oxygen atoms in total. The molecule has 0 aliphatic carbocycles. The SMILES string of the molecule is CCC(O)(CC(=O)O)OC=O. The summed E-state index contributed by atoms with van der Waals surface area (Å²) in [6.07, 6.45) is -0.541. The lowest BCUT2D eigenvalue weighted by Gasteiger charge is -2.21. The molecule has 0 fully saturated rings. The molecule has 0 saturated heterocycles. The molecule has 5 heteroatoms. The van der Waals surface area contributed by atoms with Crippen molar-refractivity contribution >= 4 is 12.4 Å². The molecule has 11 heavy (non-hydrogen) atoms. The van der Waals surface area contributed by atoms with Gasteiger partial charge in [0.05, 0.1) is 0 Å². The molecule has 0 aromatic heterocycles. The first-order valence-corrected chi connectivity index (χ1v) is 3.09. The Morgan fingerprint density at radius 1 is 1.73 bits per heavy atom. The van der Waals surface area contributed by atoms with Gasteiger partial charge in [0.2, 0.25) is 5.79 Å². The van der Waals surface area contributed by atoms with Crippen LogP contribution in [0, 0.1) is 0 Å². The van der Waals surface area contributed by atoms with Crippen LogP contribution in [0.5, 0.6) is 0 Å². The van der Waals surface area contributed by atoms with Gasteiger partial charge in [-0.15, -0.1) is 0 Å². The fourth-order valence-corrected chi connectivity index (χ4v) is 0.576. The third-order valence-electron chi connectivity index (χ3n) is 1.25. The number of ether oxygens (including phenoxy) is 1. The van der Waals surface area contributed by atoms with Gasteiger partial charge in [0.1, 0.15) is 6.42 Å². The minimum atomic E-state index is -1.85. The zero-order chi connectivity index (χ0) is 8.91. The number of aliphatic carboxylic acids is 1. The topological polar surface area (TPSA) is 83.8 Å². The van der Waals surface area contributed by atoms with Crippen LogP contribution in [0.25, 0.3) is 0 Å². The predicted octanol–water partition coefficient (Wildman–Crippen LogP) is -0.267. The van der Waals surface area contributed by atoms with E-state index in [1.165, 1.54) is 6.92 Å². The average molecular weight is 162 g/mol. The van der Waals surface area contributed by atoms with Crippen LogP contribution in [0.1, 0.15) is 19.8 Å². The number of carboxylic acid groups (broad SMARTS) is 1. The van der Waals surface area contributed by atoms with Crippen LogP contribution < -0.4 is 0 Å². The van der Waals surface area contributed by atoms with Gasteiger partial charge in [-0.25, -0.2) is 0 Å². The van der Waals surface area contributed by atoms with Crippen molar-refractivity contribution in [3.63, 3.8) is 0 Å². The van der Waals surface area contributed by atoms with Gasteiger partial charge in [0, 0.05) is 6.42 Å². The lowest BCUT2D eigenvalue weighted by atomic mass is 10.1. The summed E-state index contributed by atoms with van der Waals surface area (Å²) in [7, 11) is 0. The van der Waals surface area contributed by atoms with E-state index in [0.717, 1.165) is 0 Å². The fourth-order valence-electron chi connectivity index (χ4n) is 0.576. The molecular formula is C6H10O5. The van der Waals surface area contributed by atoms with Gasteiger partial charge >= 0.3 is 5.97 Å². The third kappa shape index (κ3) is 3.57. The zero-order valence-corrected chi connectivity index (χ0v) is 6.11. The van der Waals surface area contributed by atoms with Crippen LogP contribution in [0.2, 0.25) is 0 Å². The second-order valence-corrected chi connectivity index (χ2v) is 2.08. The van der Waals surface area contributed by atoms with Crippen LogP contribution in [-0.4, -0.2) is 28.4 Å². The fraction of sp³-hybridized carbons (Fsp3) is 0.667. The van der Waals surface area contributed by atoms with Crippen molar-refractivity contribution in [3.05, 3.63) is 0 Å². The van der Waals surface area contributed by atoms with E-state index in [9.17, 15) is 9.59 Å². The van der Waals surface area contributed by atoms with Crippen LogP contribution in [0.3, 0.4) is 0 Å². The van der Waals surface area contributed by atoms with Gasteiger partial charge in [0.25, 0.3) is 6.47 Å². The number of carbonyl (C=O) groups excluding carboxylic acids is 1. The number of carbonyl (C=O) groups is 2. The monoisotopic (exact) mass is 162 g/mol. The van der Waals surface area contributed by atoms with Crippen molar-refractivity contribution in [1.82, 2.24) is 0 Å². The van der Waals surface area contributed by atoms with Crippen LogP contribution in [0.4, 0.5) is 0 Å². The Hall–Kier alpha value is -1.10. The van der Waals surface area contributed by atoms with E-state index in [1.807, 2.05) is 0 Å². The minimum Gasteiger partial charge on any atom is -0.481 e. The molecule has 0 aromatic carbocycles. The molecule has 64 valence electrons. The zero-order valence-electron chi connectivity index (χ0n) is 6.11. The van der Waals surface area contributed by atoms with Crippen LogP contribution in [-0.2, 0) is 14.3 Å². The summed E-state index contributed by atoms with van der Waals surface area (Å²) in [6.45, 7) is 1.55. The van der Waals surface area contributed by atoms with E-state index in [-0.39, 0.29) is 12.9 Å². The van der Waals surface area contributed by atoms with Crippen molar-refractivity contribution in [2.75, 3.05) is 0 Å². The molecule has 0 bridgehead atoms. The first kappa shape index (κ1) is 9.90. The van der Waals surface area contributed by atoms with Gasteiger partial charge in [-0.3, -0.25) is 9.59 Å². The first-order valence-electron chi connectivity index (χ1n) is 3.09. The van der Waals surface area contributed by atoms with Gasteiger partial charge in [-0.05, 0) is 0 Å². The summed E-state index contributed by atoms with van der Waals surface area (Å²) in [4.78, 5) is 19.9. The van der Waals surface area contributed by atoms with Crippen molar-refractivity contribution in [3.8, 4) is 0 Å². The maximum Gasteiger partial charge on any atom is 0.310 e. The molecule has 1 atom stereocenters. The number of rotatable bonds is 5. The summed E-state index contributed by atoms with van der Waals surface area (Å²) in [5.74, 6) is -3.07. The van der Waals surface area contributed by atoms with Gasteiger partial charge < -0.3 is 14.9 Å². The molecule has 0 amide bonds. The lowest BCUT2D eigenvalue weighted by molar-refractivity contribution is -0.203. The Labute approximate surface area is 63.6 Å². The Kier molecular flexibility index (Phi) is 3.53. The second kappa shape index (κ2) is 3.92. The quantitative estimate of drug-likeness (QED) is 0.429. The van der Waals surface area contributed by atoms with E-state index in [1.54, 1.807) is 0 Å². The highest BCUT2D eigenvalue weighted by Crippen LogP contribution is 2.15. The van der Waals surface area contributed by atoms with Gasteiger partial charge in [-0.2, -0.15) is 0 Å². The molecule has 0 aliphatic heterocycles. The van der Waals surface area contributed by atoms with E-state index in [4.69, 9.17) is 10.2 Å². The van der Waals surface area contributed by atoms with Crippen molar-refractivity contribution in [2.45, 2.75) is 25.6 Å². The predicted molar refractivity (Wildman–Crippen MR) is 34.6 cm³/mol. The number of aliphatic hydroxyl groups is 1. The maximum atomic E-state index is 10.1. The molecule has 0 aliphatic rings. The van der Waals surface area contributed by atoms with Crippen LogP contribution >= 0.6 is 0 Å². The summed E-state index contributed by atoms with van der Waals surface area (Å²) in [5.41, 5.74) is 0. The molecule has 1 unspecified atom stereocenters. The largest absolute Gasteiger partial charge is 0.481 e. The molecule has 0 rings (SSSR count). The summed E-state index contributed by atoms with van der Waals surface area (Å²) in [5, 5.41) is 17.4. The van der Waals surface area contributed by atoms with Gasteiger partial charge in [0.15, 0.2) is 0 Å². The highest BCUT2D eigenvalue weighted by Gasteiger charge is 2.29. The molecule has 0 radical (unpaired) electrons. The van der Waals surface area contributed by atoms with Gasteiger partial charge in [-0.1, -0.05) is 6.92 Å². The van der Waals surface area contributed by atoms with E-state index < -0.39 is 18.2 Å². The normalized spacial score (nSPS) is 15.1. The molecule has 0 saturated carbocycles. The second-order valence-electron chi connectivity index (χ2n) is 2.08. The standard InChI is InChI=1S/C6H10O5/c1-2-6(10,11-4-7)3-5(8)9/h4,10H,2-3H2,1H3,(H,8,9). The Morgan fingerprint density at radius 3 is 2.55 bits per heavy atom. The Morgan fingerprint density at radius 2 is 2.27 bits per heavy atom. The highest BCUT2D eigenvalue weighted by atomic mass is 16.6. The molecule has 0 heterocycles. The maximum absolute atomic E-state index is 10.1. The third-order valence-corrected chi connectivity index (χ3v) is 1.25. The van der Waals surface area contributed by atoms with E-state index in [2.05, 4.69) is 4.74 Å². The number of hydrogen-bond donors (Lipinski definition) is 2. The van der Waals surface area contributed by atoms with Crippen molar-refractivity contribution in [1.29, 1.82) is 0 Å². The minimum absolute atomic E-state index is 0.0342. The smallest absolute Gasteiger partial charge is 0.310 e. The molecule has 0 spiro atoms. The molecular weight excluding hydrogens is 152 g/mol. The molecule has 0 aromatic rings. The first-order chi connectivity index (χ1) is 5.04. The Balaban J connectivity index is 4.08. The lowest BCUT2D eigenvalue weighted by Crippen LogP contribution is -2.33. The van der Waals surface area contributed by atoms with Crippen molar-refractivity contribution < 1.29 is 24.5 Å². The van der Waals surface area contributed by atoms with Crippen LogP contribution in [0.15, 0.2) is 0 Å². The summed E-state index contributed by atoms with van der Waals surface area (Å²) in [6, 6.07) is 0. The van der Waals surface area contributed by atoms with Crippen molar-refractivity contribution in [2.24, 2.45) is 0 Å². The Bertz CT molecular complexity index is 155. The number of hydrogen-bond acceptors (Lipinski definition) is 4. The average Bonchev–Trinajstić information content (AvgIpc) is 1.87. The van der Waals surface area contributed by atoms with E-state index >= 15 is 0 Å². The summed E-state index contributed by atoms with van der Waals surface area (Å²) >= 11 is 0. The number of carboxylic acids is 1.